The number of benzene rings is 1. The topological polar surface area (TPSA) is 106 Å². The van der Waals surface area contributed by atoms with Gasteiger partial charge in [-0.15, -0.1) is 0 Å². The van der Waals surface area contributed by atoms with E-state index in [0.717, 1.165) is 31.0 Å². The molecule has 1 atom stereocenters. The molecule has 1 saturated carbocycles. The van der Waals surface area contributed by atoms with E-state index in [4.69, 9.17) is 0 Å². The van der Waals surface area contributed by atoms with Gasteiger partial charge in [-0.05, 0) is 37.1 Å². The van der Waals surface area contributed by atoms with Crippen molar-refractivity contribution in [1.29, 1.82) is 10.5 Å². The van der Waals surface area contributed by atoms with Crippen LogP contribution in [0.2, 0.25) is 0 Å². The normalized spacial score (nSPS) is 20.8. The molecule has 144 valence electrons. The first-order valence-electron chi connectivity index (χ1n) is 9.04. The minimum Gasteiger partial charge on any atom is -0.325 e. The van der Waals surface area contributed by atoms with Crippen molar-refractivity contribution in [3.05, 3.63) is 40.7 Å². The van der Waals surface area contributed by atoms with Gasteiger partial charge in [0.15, 0.2) is 0 Å². The number of nitrogens with one attached hydrogen (secondary N) is 2. The van der Waals surface area contributed by atoms with Crippen molar-refractivity contribution < 1.29 is 14.0 Å². The molecule has 1 aliphatic carbocycles. The van der Waals surface area contributed by atoms with Gasteiger partial charge in [-0.2, -0.15) is 10.5 Å². The molecule has 0 aromatic heterocycles. The molecule has 6 nitrogen and oxygen atoms in total. The van der Waals surface area contributed by atoms with Crippen molar-refractivity contribution in [2.24, 2.45) is 11.3 Å². The maximum Gasteiger partial charge on any atom is 0.243 e. The van der Waals surface area contributed by atoms with Crippen LogP contribution in [-0.2, 0) is 9.59 Å². The number of nitriles is 2. The van der Waals surface area contributed by atoms with E-state index in [1.807, 2.05) is 0 Å². The van der Waals surface area contributed by atoms with Gasteiger partial charge in [-0.1, -0.05) is 31.0 Å². The maximum atomic E-state index is 13.0. The Morgan fingerprint density at radius 3 is 2.54 bits per heavy atom. The highest BCUT2D eigenvalue weighted by Gasteiger charge is 2.51. The zero-order chi connectivity index (χ0) is 20.1. The summed E-state index contributed by atoms with van der Waals surface area (Å²) in [5, 5.41) is 25.0. The molecule has 3 rings (SSSR count). The molecule has 2 amide bonds. The van der Waals surface area contributed by atoms with E-state index in [-0.39, 0.29) is 11.7 Å². The number of hydrogen-bond acceptors (Lipinski definition) is 5. The average molecular weight is 398 g/mol. The van der Waals surface area contributed by atoms with E-state index in [9.17, 15) is 24.5 Å². The van der Waals surface area contributed by atoms with Crippen LogP contribution in [0.4, 0.5) is 10.1 Å². The molecule has 0 saturated heterocycles. The first-order valence-corrected chi connectivity index (χ1v) is 10.0. The van der Waals surface area contributed by atoms with Crippen LogP contribution in [0, 0.1) is 39.8 Å². The highest BCUT2D eigenvalue weighted by molar-refractivity contribution is 8.03. The molecule has 1 aromatic rings. The Bertz CT molecular complexity index is 892. The summed E-state index contributed by atoms with van der Waals surface area (Å²) in [6.07, 6.45) is 3.98. The summed E-state index contributed by atoms with van der Waals surface area (Å²) >= 11 is 1.07. The van der Waals surface area contributed by atoms with Crippen molar-refractivity contribution >= 4 is 29.3 Å². The van der Waals surface area contributed by atoms with Gasteiger partial charge in [0.1, 0.15) is 11.7 Å². The van der Waals surface area contributed by atoms with Gasteiger partial charge in [0.25, 0.3) is 0 Å². The van der Waals surface area contributed by atoms with E-state index < -0.39 is 23.1 Å². The molecule has 0 radical (unpaired) electrons. The number of halogens is 1. The van der Waals surface area contributed by atoms with Gasteiger partial charge < -0.3 is 10.6 Å². The van der Waals surface area contributed by atoms with E-state index in [1.54, 1.807) is 0 Å². The van der Waals surface area contributed by atoms with Crippen LogP contribution < -0.4 is 10.6 Å². The Balaban J connectivity index is 1.78. The first kappa shape index (κ1) is 19.9. The van der Waals surface area contributed by atoms with E-state index in [1.165, 1.54) is 24.3 Å². The van der Waals surface area contributed by atoms with E-state index in [2.05, 4.69) is 22.8 Å². The fourth-order valence-electron chi connectivity index (χ4n) is 3.91. The lowest BCUT2D eigenvalue weighted by atomic mass is 9.61. The molecule has 0 unspecified atom stereocenters. The summed E-state index contributed by atoms with van der Waals surface area (Å²) in [6, 6.07) is 9.68. The van der Waals surface area contributed by atoms with Crippen LogP contribution >= 0.6 is 11.8 Å². The third-order valence-electron chi connectivity index (χ3n) is 5.24. The van der Waals surface area contributed by atoms with Crippen LogP contribution in [0.3, 0.4) is 0 Å². The van der Waals surface area contributed by atoms with Crippen LogP contribution in [0.5, 0.6) is 0 Å². The predicted molar refractivity (Wildman–Crippen MR) is 103 cm³/mol. The smallest absolute Gasteiger partial charge is 0.243 e. The number of amides is 2. The van der Waals surface area contributed by atoms with E-state index >= 15 is 0 Å². The highest BCUT2D eigenvalue weighted by Crippen LogP contribution is 2.51. The zero-order valence-corrected chi connectivity index (χ0v) is 15.9. The molecule has 1 spiro atoms. The lowest BCUT2D eigenvalue weighted by molar-refractivity contribution is -0.126. The molecule has 2 N–H and O–H groups in total. The van der Waals surface area contributed by atoms with Gasteiger partial charge in [0.2, 0.25) is 11.8 Å². The summed E-state index contributed by atoms with van der Waals surface area (Å²) < 4.78 is 13.0. The Morgan fingerprint density at radius 2 is 1.93 bits per heavy atom. The Kier molecular flexibility index (Phi) is 6.01. The largest absolute Gasteiger partial charge is 0.325 e. The van der Waals surface area contributed by atoms with Crippen molar-refractivity contribution in [2.75, 3.05) is 11.1 Å². The fourth-order valence-corrected chi connectivity index (χ4v) is 4.82. The Morgan fingerprint density at radius 1 is 1.25 bits per heavy atom. The summed E-state index contributed by atoms with van der Waals surface area (Å²) in [5.74, 6) is -2.06. The summed E-state index contributed by atoms with van der Waals surface area (Å²) in [7, 11) is 0. The van der Waals surface area contributed by atoms with Gasteiger partial charge in [-0.25, -0.2) is 4.39 Å². The van der Waals surface area contributed by atoms with Crippen molar-refractivity contribution in [2.45, 2.75) is 32.1 Å². The second-order valence-electron chi connectivity index (χ2n) is 6.93. The molecule has 28 heavy (non-hydrogen) atoms. The second kappa shape index (κ2) is 8.45. The lowest BCUT2D eigenvalue weighted by Crippen LogP contribution is -2.48. The number of allylic oxidation sites excluding steroid dienone is 1. The number of nitrogens with zero attached hydrogens (tertiary/aromatic N) is 2. The van der Waals surface area contributed by atoms with Gasteiger partial charge in [0.05, 0.1) is 28.5 Å². The summed E-state index contributed by atoms with van der Waals surface area (Å²) in [4.78, 5) is 24.7. The van der Waals surface area contributed by atoms with Crippen molar-refractivity contribution in [3.63, 3.8) is 0 Å². The average Bonchev–Trinajstić information content (AvgIpc) is 2.69. The predicted octanol–water partition coefficient (Wildman–Crippen LogP) is 3.45. The first-order chi connectivity index (χ1) is 13.5. The van der Waals surface area contributed by atoms with Crippen LogP contribution in [0.15, 0.2) is 34.9 Å². The Hall–Kier alpha value is -2.84. The summed E-state index contributed by atoms with van der Waals surface area (Å²) in [5.41, 5.74) is 0.0974. The fraction of sp³-hybridized carbons (Fsp3) is 0.400. The lowest BCUT2D eigenvalue weighted by Gasteiger charge is -2.43. The highest BCUT2D eigenvalue weighted by atomic mass is 32.2. The number of thioether (sulfide) groups is 1. The van der Waals surface area contributed by atoms with Crippen LogP contribution in [-0.4, -0.2) is 17.6 Å². The Labute approximate surface area is 166 Å². The SMILES string of the molecule is N#CC1=C(SCC(=O)Nc2ccc(F)cc2)NC(=O)[C@@H](C#N)C12CCCCC2. The molecule has 2 aliphatic rings. The number of hydrogen-bond donors (Lipinski definition) is 2. The quantitative estimate of drug-likeness (QED) is 0.808. The van der Waals surface area contributed by atoms with Gasteiger partial charge >= 0.3 is 0 Å². The van der Waals surface area contributed by atoms with Crippen LogP contribution in [0.25, 0.3) is 0 Å². The van der Waals surface area contributed by atoms with Crippen molar-refractivity contribution in [3.8, 4) is 12.1 Å². The number of anilines is 1. The molecular formula is C20H19FN4O2S. The second-order valence-corrected chi connectivity index (χ2v) is 7.91. The molecule has 1 fully saturated rings. The molecule has 1 aliphatic heterocycles. The summed E-state index contributed by atoms with van der Waals surface area (Å²) in [6.45, 7) is 0. The molecule has 1 aromatic carbocycles. The number of carbonyl (C=O) groups is 2. The molecular weight excluding hydrogens is 379 g/mol. The third-order valence-corrected chi connectivity index (χ3v) is 6.24. The van der Waals surface area contributed by atoms with Gasteiger partial charge in [-0.3, -0.25) is 9.59 Å². The number of carbonyl (C=O) groups excluding carboxylic acids is 2. The third kappa shape index (κ3) is 3.88. The zero-order valence-electron chi connectivity index (χ0n) is 15.1. The molecule has 8 heteroatoms. The standard InChI is InChI=1S/C20H19FN4O2S/c21-13-4-6-14(7-5-13)24-17(26)12-28-19-16(11-23)20(8-2-1-3-9-20)15(10-22)18(27)25-19/h4-7,15H,1-3,8-9,12H2,(H,24,26)(H,25,27)/t15-/m1/s1. The number of rotatable bonds is 4. The minimum absolute atomic E-state index is 0.0224. The maximum absolute atomic E-state index is 13.0. The van der Waals surface area contributed by atoms with Gasteiger partial charge in [0, 0.05) is 11.1 Å². The monoisotopic (exact) mass is 398 g/mol. The van der Waals surface area contributed by atoms with E-state index in [0.29, 0.717) is 29.1 Å². The minimum atomic E-state index is -0.889. The molecule has 0 bridgehead atoms. The molecule has 1 heterocycles. The van der Waals surface area contributed by atoms with Crippen molar-refractivity contribution in [1.82, 2.24) is 5.32 Å². The van der Waals surface area contributed by atoms with Crippen LogP contribution in [0.1, 0.15) is 32.1 Å².